The summed E-state index contributed by atoms with van der Waals surface area (Å²) in [5, 5.41) is 0. The van der Waals surface area contributed by atoms with E-state index >= 15 is 0 Å². The Balaban J connectivity index is 1.94. The van der Waals surface area contributed by atoms with Gasteiger partial charge in [0, 0.05) is 50.9 Å². The van der Waals surface area contributed by atoms with E-state index in [1.807, 2.05) is 62.6 Å². The van der Waals surface area contributed by atoms with Gasteiger partial charge in [0.2, 0.25) is 0 Å². The molecule has 1 aromatic rings. The second kappa shape index (κ2) is 22.2. The summed E-state index contributed by atoms with van der Waals surface area (Å²) >= 11 is 0. The highest BCUT2D eigenvalue weighted by Gasteiger charge is 2.54. The molecular formula is C48H85N3O13Si2. The van der Waals surface area contributed by atoms with Crippen molar-refractivity contribution in [2.75, 3.05) is 28.3 Å². The Labute approximate surface area is 397 Å². The van der Waals surface area contributed by atoms with Gasteiger partial charge in [-0.1, -0.05) is 20.8 Å². The van der Waals surface area contributed by atoms with E-state index in [2.05, 4.69) is 49.2 Å². The smallest absolute Gasteiger partial charge is 0.420 e. The number of allylic oxidation sites excluding steroid dienone is 1. The number of ketones is 1. The quantitative estimate of drug-likeness (QED) is 0.138. The van der Waals surface area contributed by atoms with Crippen molar-refractivity contribution in [3.8, 4) is 0 Å². The minimum absolute atomic E-state index is 0.0411. The maximum atomic E-state index is 15.0. The number of nitrogens with zero attached hydrogens (tertiary/aromatic N) is 3. The van der Waals surface area contributed by atoms with E-state index in [4.69, 9.17) is 46.7 Å². The van der Waals surface area contributed by atoms with Gasteiger partial charge in [-0.2, -0.15) is 0 Å². The monoisotopic (exact) mass is 968 g/mol. The molecule has 3 aliphatic heterocycles. The average Bonchev–Trinajstić information content (AvgIpc) is 3.76. The number of ether oxygens (including phenoxy) is 8. The third-order valence-electron chi connectivity index (χ3n) is 13.5. The molecule has 0 spiro atoms. The van der Waals surface area contributed by atoms with E-state index in [0.717, 1.165) is 6.42 Å². The van der Waals surface area contributed by atoms with Crippen molar-refractivity contribution in [2.24, 2.45) is 17.8 Å². The van der Waals surface area contributed by atoms with Crippen molar-refractivity contribution in [3.63, 3.8) is 0 Å². The highest BCUT2D eigenvalue weighted by molar-refractivity contribution is 6.70. The molecule has 2 saturated heterocycles. The summed E-state index contributed by atoms with van der Waals surface area (Å²) in [5.41, 5.74) is -3.25. The van der Waals surface area contributed by atoms with Gasteiger partial charge in [-0.25, -0.2) is 14.3 Å². The van der Waals surface area contributed by atoms with Crippen molar-refractivity contribution in [1.29, 1.82) is 0 Å². The van der Waals surface area contributed by atoms with Crippen LogP contribution in [0.3, 0.4) is 0 Å². The first-order valence-electron chi connectivity index (χ1n) is 23.8. The van der Waals surface area contributed by atoms with Gasteiger partial charge in [-0.3, -0.25) is 9.59 Å². The summed E-state index contributed by atoms with van der Waals surface area (Å²) in [6.45, 7) is 31.5. The van der Waals surface area contributed by atoms with Crippen molar-refractivity contribution >= 4 is 34.5 Å². The summed E-state index contributed by atoms with van der Waals surface area (Å²) in [6.07, 6.45) is 0.504. The summed E-state index contributed by atoms with van der Waals surface area (Å²) in [5.74, 6) is -3.05. The van der Waals surface area contributed by atoms with Gasteiger partial charge in [0.25, 0.3) is 0 Å². The number of imidazole rings is 1. The number of carbonyl (C=O) groups excluding carboxylic acids is 3. The van der Waals surface area contributed by atoms with Crippen LogP contribution in [0.25, 0.3) is 0 Å². The Morgan fingerprint density at radius 3 is 2.02 bits per heavy atom. The first-order chi connectivity index (χ1) is 30.4. The molecule has 0 radical (unpaired) electrons. The van der Waals surface area contributed by atoms with Gasteiger partial charge in [0.15, 0.2) is 40.6 Å². The van der Waals surface area contributed by atoms with E-state index in [-0.39, 0.29) is 43.3 Å². The number of esters is 1. The molecule has 378 valence electrons. The molecule has 0 amide bonds. The van der Waals surface area contributed by atoms with Crippen LogP contribution in [0.5, 0.6) is 0 Å². The summed E-state index contributed by atoms with van der Waals surface area (Å²) in [7, 11) is 3.10. The number of rotatable bonds is 13. The lowest BCUT2D eigenvalue weighted by Gasteiger charge is -2.51. The van der Waals surface area contributed by atoms with Gasteiger partial charge in [-0.05, 0) is 133 Å². The van der Waals surface area contributed by atoms with Gasteiger partial charge in [0.1, 0.15) is 18.5 Å². The Bertz CT molecular complexity index is 1810. The Kier molecular flexibility index (Phi) is 18.9. The zero-order chi connectivity index (χ0) is 49.9. The van der Waals surface area contributed by atoms with Crippen molar-refractivity contribution in [2.45, 2.75) is 212 Å². The molecule has 0 bridgehead atoms. The Hall–Kier alpha value is -2.37. The first-order valence-corrected chi connectivity index (χ1v) is 30.6. The lowest BCUT2D eigenvalue weighted by atomic mass is 9.76. The molecule has 18 heteroatoms. The molecule has 2 fully saturated rings. The normalized spacial score (nSPS) is 40.0. The Morgan fingerprint density at radius 1 is 0.879 bits per heavy atom. The van der Waals surface area contributed by atoms with Crippen molar-refractivity contribution < 1.29 is 61.1 Å². The second-order valence-electron chi connectivity index (χ2n) is 21.9. The fourth-order valence-corrected chi connectivity index (χ4v) is 12.3. The Morgan fingerprint density at radius 2 is 1.48 bits per heavy atom. The number of cyclic esters (lactones) is 1. The molecule has 0 saturated carbocycles. The predicted molar refractivity (Wildman–Crippen MR) is 256 cm³/mol. The second-order valence-corrected chi connectivity index (χ2v) is 30.8. The molecule has 16 nitrogen and oxygen atoms in total. The average molecular weight is 968 g/mol. The van der Waals surface area contributed by atoms with Gasteiger partial charge < -0.3 is 51.6 Å². The number of Topliss-reactive ketones (excluding diaryl/α,β-unsaturated/α-hetero) is 1. The molecule has 0 aromatic carbocycles. The van der Waals surface area contributed by atoms with Gasteiger partial charge in [0.05, 0.1) is 47.6 Å². The van der Waals surface area contributed by atoms with Crippen LogP contribution in [0.15, 0.2) is 30.4 Å². The molecule has 3 aliphatic rings. The minimum Gasteiger partial charge on any atom is -0.457 e. The predicted octanol–water partition coefficient (Wildman–Crippen LogP) is 8.00. The van der Waals surface area contributed by atoms with Gasteiger partial charge >= 0.3 is 12.1 Å². The maximum absolute atomic E-state index is 15.0. The summed E-state index contributed by atoms with van der Waals surface area (Å²) < 4.78 is 68.1. The fraction of sp³-hybridized carbons (Fsp3) is 0.833. The topological polar surface area (TPSA) is 165 Å². The number of likely N-dealkylation sites (N-methyl/N-ethyl adjacent to an activating group) is 1. The summed E-state index contributed by atoms with van der Waals surface area (Å²) in [4.78, 5) is 49.3. The van der Waals surface area contributed by atoms with Crippen LogP contribution in [0.1, 0.15) is 94.9 Å². The van der Waals surface area contributed by atoms with Crippen LogP contribution in [-0.2, 0) is 56.3 Å². The van der Waals surface area contributed by atoms with Crippen LogP contribution >= 0.6 is 0 Å². The van der Waals surface area contributed by atoms with Crippen molar-refractivity contribution in [3.05, 3.63) is 30.4 Å². The third kappa shape index (κ3) is 13.7. The lowest BCUT2D eigenvalue weighted by Crippen LogP contribution is -2.62. The number of hydrogen-bond donors (Lipinski definition) is 0. The molecule has 16 atom stereocenters. The highest BCUT2D eigenvalue weighted by atomic mass is 28.4. The summed E-state index contributed by atoms with van der Waals surface area (Å²) in [6, 6.07) is -0.0411. The zero-order valence-corrected chi connectivity index (χ0v) is 45.8. The molecule has 4 rings (SSSR count). The van der Waals surface area contributed by atoms with Gasteiger partial charge in [-0.15, -0.1) is 0 Å². The zero-order valence-electron chi connectivity index (χ0n) is 43.8. The molecule has 66 heavy (non-hydrogen) atoms. The van der Waals surface area contributed by atoms with Crippen LogP contribution in [0, 0.1) is 17.8 Å². The minimum atomic E-state index is -2.19. The molecule has 0 N–H and O–H groups in total. The molecule has 1 aromatic heterocycles. The number of hydrogen-bond acceptors (Lipinski definition) is 15. The molecule has 0 unspecified atom stereocenters. The van der Waals surface area contributed by atoms with Crippen LogP contribution in [0.4, 0.5) is 4.79 Å². The van der Waals surface area contributed by atoms with Crippen LogP contribution in [0.2, 0.25) is 39.3 Å². The molecule has 4 heterocycles. The number of methoxy groups -OCH3 is 2. The van der Waals surface area contributed by atoms with Crippen molar-refractivity contribution in [1.82, 2.24) is 14.5 Å². The van der Waals surface area contributed by atoms with E-state index in [9.17, 15) is 14.4 Å². The largest absolute Gasteiger partial charge is 0.457 e. The lowest BCUT2D eigenvalue weighted by molar-refractivity contribution is -0.316. The molecule has 0 aliphatic carbocycles. The SMILES string of the molecule is CC[C@H]1OC(=O)[C@H](C)[C@@H](O[C@H]2C[C@@](C)(OC)[C@@H](O[Si](C)(C)C)[C@H](C)O2)[C@H](C)[C@@H](O[C@@H]2O[C@H](C)C[C@H](N(C)C)[C@H]2O[Si](C)(C)C)[C@](C)(OC)C[C@@H](C)C(=O)/C(C)=C/[C@]1(C)OC(=O)n1ccnc1. The third-order valence-corrected chi connectivity index (χ3v) is 15.5. The van der Waals surface area contributed by atoms with E-state index in [0.29, 0.717) is 5.57 Å². The van der Waals surface area contributed by atoms with E-state index in [1.54, 1.807) is 41.1 Å². The maximum Gasteiger partial charge on any atom is 0.420 e. The highest BCUT2D eigenvalue weighted by Crippen LogP contribution is 2.43. The number of carbonyl (C=O) groups is 3. The van der Waals surface area contributed by atoms with Crippen LogP contribution < -0.4 is 0 Å². The standard InChI is InChI=1S/C48H85N3O13Si2/c1-21-36-46(8,62-45(54)51-23-22-49-28-51)25-29(2)38(52)30(3)26-47(9,55-13)41(61-44-40(63-65(15,16)17)35(50(11)12)24-31(4)57-44)32(5)39(33(6)43(53)59-36)60-37-27-48(10,56-14)42(34(7)58-37)64-66(18,19)20/h22-23,25,28,30-37,39-42,44H,21,24,26-27H2,1-20H3/b29-25+/t30-,31-,32+,33-,34+,35+,36-,37+,39+,40-,41-,42+,44+,46+,47-,48-/m1/s1. The number of aromatic nitrogens is 2. The fourth-order valence-electron chi connectivity index (χ4n) is 10.1. The van der Waals surface area contributed by atoms with E-state index < -0.39 is 106 Å². The van der Waals surface area contributed by atoms with E-state index in [1.165, 1.54) is 23.3 Å². The first kappa shape index (κ1) is 56.2. The van der Waals surface area contributed by atoms with Crippen LogP contribution in [-0.4, -0.2) is 155 Å². The molecular weight excluding hydrogens is 883 g/mol.